The Morgan fingerprint density at radius 3 is 2.83 bits per heavy atom. The summed E-state index contributed by atoms with van der Waals surface area (Å²) in [7, 11) is 0. The molecule has 0 aliphatic heterocycles. The molecule has 0 fully saturated rings. The largest absolute Gasteiger partial charge is 0.463 e. The van der Waals surface area contributed by atoms with E-state index in [9.17, 15) is 9.59 Å². The van der Waals surface area contributed by atoms with Crippen molar-refractivity contribution in [3.8, 4) is 5.88 Å². The summed E-state index contributed by atoms with van der Waals surface area (Å²) in [5.74, 6) is -0.435. The van der Waals surface area contributed by atoms with Crippen molar-refractivity contribution in [2.45, 2.75) is 20.0 Å². The molecule has 2 rings (SSSR count). The first kappa shape index (κ1) is 16.8. The third-order valence-corrected chi connectivity index (χ3v) is 2.95. The van der Waals surface area contributed by atoms with Crippen LogP contribution < -0.4 is 10.1 Å². The van der Waals surface area contributed by atoms with Crippen LogP contribution in [0.2, 0.25) is 5.02 Å². The Bertz CT molecular complexity index is 701. The second-order valence-electron chi connectivity index (χ2n) is 4.70. The number of rotatable bonds is 6. The number of benzene rings is 1. The van der Waals surface area contributed by atoms with E-state index in [0.717, 1.165) is 0 Å². The maximum Gasteiger partial charge on any atom is 0.345 e. The number of nitrogens with one attached hydrogen (secondary N) is 1. The quantitative estimate of drug-likeness (QED) is 0.814. The van der Waals surface area contributed by atoms with Crippen molar-refractivity contribution in [1.82, 2.24) is 5.16 Å². The van der Waals surface area contributed by atoms with E-state index in [2.05, 4.69) is 10.5 Å². The molecule has 0 saturated carbocycles. The number of esters is 1. The lowest BCUT2D eigenvalue weighted by atomic mass is 10.3. The molecule has 0 saturated heterocycles. The van der Waals surface area contributed by atoms with Crippen LogP contribution in [0.5, 0.6) is 5.88 Å². The van der Waals surface area contributed by atoms with Gasteiger partial charge in [0.2, 0.25) is 0 Å². The van der Waals surface area contributed by atoms with Gasteiger partial charge in [0, 0.05) is 16.8 Å². The minimum absolute atomic E-state index is 0.176. The predicted molar refractivity (Wildman–Crippen MR) is 82.4 cm³/mol. The Balaban J connectivity index is 1.79. The van der Waals surface area contributed by atoms with Crippen molar-refractivity contribution in [2.24, 2.45) is 0 Å². The molecule has 0 aliphatic carbocycles. The molecular weight excluding hydrogens is 324 g/mol. The zero-order chi connectivity index (χ0) is 16.8. The summed E-state index contributed by atoms with van der Waals surface area (Å²) in [4.78, 5) is 23.6. The minimum Gasteiger partial charge on any atom is -0.463 e. The number of aromatic nitrogens is 1. The number of carbonyl (C=O) groups is 2. The van der Waals surface area contributed by atoms with Crippen LogP contribution in [0.25, 0.3) is 0 Å². The van der Waals surface area contributed by atoms with Crippen LogP contribution in [0.1, 0.15) is 12.7 Å². The monoisotopic (exact) mass is 338 g/mol. The molecule has 122 valence electrons. The lowest BCUT2D eigenvalue weighted by Gasteiger charge is -2.13. The normalized spacial score (nSPS) is 11.6. The Morgan fingerprint density at radius 2 is 2.17 bits per heavy atom. The lowest BCUT2D eigenvalue weighted by molar-refractivity contribution is -0.155. The standard InChI is InChI=1S/C15H15ClN2O5/c1-9-6-13(18-23-9)21-8-14(19)22-10(2)15(20)17-12-5-3-4-11(16)7-12/h3-7,10H,8H2,1-2H3,(H,17,20)/t10-/m0/s1. The Morgan fingerprint density at radius 1 is 1.39 bits per heavy atom. The number of carbonyl (C=O) groups excluding carboxylic acids is 2. The Labute approximate surface area is 137 Å². The van der Waals surface area contributed by atoms with E-state index in [1.54, 1.807) is 31.2 Å². The maximum atomic E-state index is 11.9. The van der Waals surface area contributed by atoms with Crippen LogP contribution in [0.15, 0.2) is 34.9 Å². The molecular formula is C15H15ClN2O5. The molecule has 0 unspecified atom stereocenters. The number of halogens is 1. The van der Waals surface area contributed by atoms with E-state index < -0.39 is 18.0 Å². The summed E-state index contributed by atoms with van der Waals surface area (Å²) in [6.07, 6.45) is -0.982. The van der Waals surface area contributed by atoms with Gasteiger partial charge in [-0.25, -0.2) is 4.79 Å². The van der Waals surface area contributed by atoms with Gasteiger partial charge in [0.1, 0.15) is 5.76 Å². The molecule has 1 aromatic heterocycles. The van der Waals surface area contributed by atoms with E-state index >= 15 is 0 Å². The molecule has 1 amide bonds. The SMILES string of the molecule is Cc1cc(OCC(=O)O[C@@H](C)C(=O)Nc2cccc(Cl)c2)no1. The Hall–Kier alpha value is -2.54. The molecule has 1 N–H and O–H groups in total. The molecule has 1 atom stereocenters. The number of amides is 1. The molecule has 0 aliphatic rings. The first-order chi connectivity index (χ1) is 10.9. The fraction of sp³-hybridized carbons (Fsp3) is 0.267. The summed E-state index contributed by atoms with van der Waals surface area (Å²) in [6, 6.07) is 8.17. The van der Waals surface area contributed by atoms with Crippen LogP contribution in [-0.2, 0) is 14.3 Å². The van der Waals surface area contributed by atoms with Gasteiger partial charge in [0.15, 0.2) is 12.7 Å². The minimum atomic E-state index is -0.982. The van der Waals surface area contributed by atoms with E-state index in [1.807, 2.05) is 0 Å². The number of ether oxygens (including phenoxy) is 2. The molecule has 0 radical (unpaired) electrons. The molecule has 1 aromatic carbocycles. The number of hydrogen-bond donors (Lipinski definition) is 1. The third-order valence-electron chi connectivity index (χ3n) is 2.71. The van der Waals surface area contributed by atoms with Gasteiger partial charge >= 0.3 is 5.97 Å². The smallest absolute Gasteiger partial charge is 0.345 e. The van der Waals surface area contributed by atoms with Crippen LogP contribution in [0.3, 0.4) is 0 Å². The van der Waals surface area contributed by atoms with Crippen LogP contribution in [-0.4, -0.2) is 29.7 Å². The first-order valence-electron chi connectivity index (χ1n) is 6.76. The van der Waals surface area contributed by atoms with Gasteiger partial charge in [0.25, 0.3) is 11.8 Å². The summed E-state index contributed by atoms with van der Waals surface area (Å²) in [5, 5.41) is 6.66. The van der Waals surface area contributed by atoms with Gasteiger partial charge in [-0.3, -0.25) is 4.79 Å². The van der Waals surface area contributed by atoms with E-state index in [4.69, 9.17) is 25.6 Å². The average molecular weight is 339 g/mol. The highest BCUT2D eigenvalue weighted by Gasteiger charge is 2.18. The highest BCUT2D eigenvalue weighted by Crippen LogP contribution is 2.15. The van der Waals surface area contributed by atoms with Crippen LogP contribution >= 0.6 is 11.6 Å². The van der Waals surface area contributed by atoms with E-state index in [0.29, 0.717) is 16.5 Å². The zero-order valence-corrected chi connectivity index (χ0v) is 13.3. The molecule has 1 heterocycles. The average Bonchev–Trinajstić information content (AvgIpc) is 2.90. The first-order valence-corrected chi connectivity index (χ1v) is 7.14. The van der Waals surface area contributed by atoms with Crippen molar-refractivity contribution in [1.29, 1.82) is 0 Å². The lowest BCUT2D eigenvalue weighted by Crippen LogP contribution is -2.31. The van der Waals surface area contributed by atoms with Gasteiger partial charge in [0.05, 0.1) is 0 Å². The molecule has 0 bridgehead atoms. The molecule has 8 heteroatoms. The molecule has 23 heavy (non-hydrogen) atoms. The summed E-state index contributed by atoms with van der Waals surface area (Å²) >= 11 is 5.83. The fourth-order valence-electron chi connectivity index (χ4n) is 1.64. The van der Waals surface area contributed by atoms with Crippen molar-refractivity contribution in [2.75, 3.05) is 11.9 Å². The summed E-state index contributed by atoms with van der Waals surface area (Å²) in [5.41, 5.74) is 0.514. The van der Waals surface area contributed by atoms with Crippen LogP contribution in [0.4, 0.5) is 5.69 Å². The van der Waals surface area contributed by atoms with Crippen molar-refractivity contribution in [3.05, 3.63) is 41.1 Å². The topological polar surface area (TPSA) is 90.7 Å². The van der Waals surface area contributed by atoms with Crippen molar-refractivity contribution >= 4 is 29.2 Å². The van der Waals surface area contributed by atoms with Gasteiger partial charge in [-0.15, -0.1) is 0 Å². The number of nitrogens with zero attached hydrogens (tertiary/aromatic N) is 1. The highest BCUT2D eigenvalue weighted by atomic mass is 35.5. The van der Waals surface area contributed by atoms with Gasteiger partial charge in [-0.2, -0.15) is 0 Å². The van der Waals surface area contributed by atoms with Gasteiger partial charge < -0.3 is 19.3 Å². The van der Waals surface area contributed by atoms with E-state index in [-0.39, 0.29) is 12.5 Å². The fourth-order valence-corrected chi connectivity index (χ4v) is 1.83. The number of aryl methyl sites for hydroxylation is 1. The van der Waals surface area contributed by atoms with Crippen molar-refractivity contribution < 1.29 is 23.6 Å². The molecule has 2 aromatic rings. The number of anilines is 1. The highest BCUT2D eigenvalue weighted by molar-refractivity contribution is 6.30. The summed E-state index contributed by atoms with van der Waals surface area (Å²) < 4.78 is 14.8. The summed E-state index contributed by atoms with van der Waals surface area (Å²) in [6.45, 7) is 2.78. The predicted octanol–water partition coefficient (Wildman–Crippen LogP) is 2.59. The number of hydrogen-bond acceptors (Lipinski definition) is 6. The zero-order valence-electron chi connectivity index (χ0n) is 12.5. The second kappa shape index (κ2) is 7.64. The Kier molecular flexibility index (Phi) is 5.59. The maximum absolute atomic E-state index is 11.9. The molecule has 7 nitrogen and oxygen atoms in total. The third kappa shape index (κ3) is 5.30. The van der Waals surface area contributed by atoms with Crippen LogP contribution in [0, 0.1) is 6.92 Å². The van der Waals surface area contributed by atoms with Crippen molar-refractivity contribution in [3.63, 3.8) is 0 Å². The van der Waals surface area contributed by atoms with Gasteiger partial charge in [-0.1, -0.05) is 17.7 Å². The van der Waals surface area contributed by atoms with Gasteiger partial charge in [-0.05, 0) is 37.2 Å². The van der Waals surface area contributed by atoms with E-state index in [1.165, 1.54) is 13.0 Å². The molecule has 0 spiro atoms. The second-order valence-corrected chi connectivity index (χ2v) is 5.13.